The molecule has 0 radical (unpaired) electrons. The second-order valence-corrected chi connectivity index (χ2v) is 8.21. The van der Waals surface area contributed by atoms with Gasteiger partial charge in [-0.25, -0.2) is 13.8 Å². The number of anilines is 1. The maximum Gasteiger partial charge on any atom is 0.254 e. The highest BCUT2D eigenvalue weighted by Crippen LogP contribution is 2.33. The molecule has 8 heteroatoms. The average molecular weight is 379 g/mol. The molecule has 1 amide bonds. The third kappa shape index (κ3) is 3.80. The van der Waals surface area contributed by atoms with Crippen molar-refractivity contribution in [2.75, 3.05) is 11.1 Å². The molecule has 26 heavy (non-hydrogen) atoms. The van der Waals surface area contributed by atoms with Crippen molar-refractivity contribution in [1.29, 1.82) is 0 Å². The quantitative estimate of drug-likeness (QED) is 0.829. The van der Waals surface area contributed by atoms with Gasteiger partial charge in [0, 0.05) is 29.7 Å². The van der Waals surface area contributed by atoms with Crippen LogP contribution < -0.4 is 10.9 Å². The number of thioether (sulfide) groups is 1. The number of carbonyl (C=O) groups is 1. The number of nitrogens with one attached hydrogen (secondary N) is 1. The van der Waals surface area contributed by atoms with Gasteiger partial charge < -0.3 is 5.32 Å². The third-order valence-corrected chi connectivity index (χ3v) is 5.18. The van der Waals surface area contributed by atoms with Gasteiger partial charge in [-0.3, -0.25) is 14.2 Å². The number of carbonyl (C=O) groups excluding carboxylic acids is 1. The Morgan fingerprint density at radius 3 is 2.73 bits per heavy atom. The van der Waals surface area contributed by atoms with E-state index >= 15 is 0 Å². The van der Waals surface area contributed by atoms with Gasteiger partial charge in [0.2, 0.25) is 5.91 Å². The Morgan fingerprint density at radius 2 is 2.08 bits per heavy atom. The Hall–Kier alpha value is -2.22. The minimum atomic E-state index is -0.840. The molecule has 1 aromatic carbocycles. The van der Waals surface area contributed by atoms with Crippen LogP contribution in [0.4, 0.5) is 14.5 Å². The molecule has 1 N–H and O–H groups in total. The molecule has 1 unspecified atom stereocenters. The van der Waals surface area contributed by atoms with Gasteiger partial charge in [0.1, 0.15) is 11.6 Å². The van der Waals surface area contributed by atoms with Gasteiger partial charge in [0.15, 0.2) is 5.16 Å². The molecule has 1 atom stereocenters. The first-order valence-corrected chi connectivity index (χ1v) is 9.15. The number of nitrogens with zero attached hydrogens (tertiary/aromatic N) is 2. The predicted octanol–water partition coefficient (Wildman–Crippen LogP) is 3.49. The van der Waals surface area contributed by atoms with Crippen molar-refractivity contribution in [3.63, 3.8) is 0 Å². The topological polar surface area (TPSA) is 64.0 Å². The van der Waals surface area contributed by atoms with Crippen LogP contribution in [0.3, 0.4) is 0 Å². The summed E-state index contributed by atoms with van der Waals surface area (Å²) in [4.78, 5) is 29.3. The fourth-order valence-corrected chi connectivity index (χ4v) is 3.84. The first-order valence-electron chi connectivity index (χ1n) is 8.17. The summed E-state index contributed by atoms with van der Waals surface area (Å²) in [7, 11) is 0. The largest absolute Gasteiger partial charge is 0.324 e. The van der Waals surface area contributed by atoms with Crippen LogP contribution in [0.1, 0.15) is 38.9 Å². The summed E-state index contributed by atoms with van der Waals surface area (Å²) in [5.41, 5.74) is 0.177. The van der Waals surface area contributed by atoms with Gasteiger partial charge in [-0.15, -0.1) is 0 Å². The van der Waals surface area contributed by atoms with E-state index < -0.39 is 17.5 Å². The molecule has 2 heterocycles. The minimum Gasteiger partial charge on any atom is -0.324 e. The molecule has 138 valence electrons. The zero-order valence-corrected chi connectivity index (χ0v) is 15.5. The molecule has 3 rings (SSSR count). The minimum absolute atomic E-state index is 0.00721. The van der Waals surface area contributed by atoms with Crippen LogP contribution in [-0.2, 0) is 10.2 Å². The third-order valence-electron chi connectivity index (χ3n) is 4.08. The van der Waals surface area contributed by atoms with Gasteiger partial charge in [-0.05, 0) is 12.1 Å². The van der Waals surface area contributed by atoms with Crippen molar-refractivity contribution >= 4 is 23.4 Å². The molecule has 1 aromatic heterocycles. The zero-order valence-electron chi connectivity index (χ0n) is 14.7. The van der Waals surface area contributed by atoms with Gasteiger partial charge in [0.25, 0.3) is 5.56 Å². The van der Waals surface area contributed by atoms with E-state index in [0.29, 0.717) is 22.7 Å². The number of rotatable bonds is 3. The molecule has 1 aliphatic rings. The van der Waals surface area contributed by atoms with Crippen LogP contribution in [-0.4, -0.2) is 21.2 Å². The van der Waals surface area contributed by atoms with Gasteiger partial charge >= 0.3 is 0 Å². The monoisotopic (exact) mass is 379 g/mol. The van der Waals surface area contributed by atoms with Gasteiger partial charge in [-0.1, -0.05) is 32.5 Å². The molecule has 0 bridgehead atoms. The van der Waals surface area contributed by atoms with Crippen molar-refractivity contribution < 1.29 is 13.6 Å². The summed E-state index contributed by atoms with van der Waals surface area (Å²) in [6.07, 6.45) is 0.00721. The fourth-order valence-electron chi connectivity index (χ4n) is 2.69. The van der Waals surface area contributed by atoms with E-state index in [0.717, 1.165) is 6.07 Å². The molecular weight excluding hydrogens is 360 g/mol. The van der Waals surface area contributed by atoms with Crippen LogP contribution in [0.25, 0.3) is 0 Å². The van der Waals surface area contributed by atoms with Crippen molar-refractivity contribution in [3.8, 4) is 0 Å². The summed E-state index contributed by atoms with van der Waals surface area (Å²) >= 11 is 1.42. The number of hydrogen-bond donors (Lipinski definition) is 1. The lowest BCUT2D eigenvalue weighted by Gasteiger charge is -2.19. The number of aromatic nitrogens is 2. The Kier molecular flexibility index (Phi) is 4.88. The molecule has 0 fully saturated rings. The van der Waals surface area contributed by atoms with Crippen LogP contribution in [0.15, 0.2) is 34.2 Å². The average Bonchev–Trinajstić information content (AvgIpc) is 2.92. The Balaban J connectivity index is 1.77. The van der Waals surface area contributed by atoms with Crippen molar-refractivity contribution in [1.82, 2.24) is 9.55 Å². The second-order valence-electron chi connectivity index (χ2n) is 7.22. The maximum atomic E-state index is 13.7. The highest BCUT2D eigenvalue weighted by Gasteiger charge is 2.29. The highest BCUT2D eigenvalue weighted by atomic mass is 32.2. The smallest absolute Gasteiger partial charge is 0.254 e. The number of hydrogen-bond acceptors (Lipinski definition) is 4. The van der Waals surface area contributed by atoms with Gasteiger partial charge in [-0.2, -0.15) is 0 Å². The Labute approximate surface area is 153 Å². The van der Waals surface area contributed by atoms with E-state index in [1.165, 1.54) is 28.5 Å². The fraction of sp³-hybridized carbons (Fsp3) is 0.389. The van der Waals surface area contributed by atoms with E-state index in [4.69, 9.17) is 0 Å². The lowest BCUT2D eigenvalue weighted by Crippen LogP contribution is -2.29. The summed E-state index contributed by atoms with van der Waals surface area (Å²) in [6, 6.07) is 4.09. The Bertz CT molecular complexity index is 922. The normalized spacial score (nSPS) is 16.4. The molecule has 1 aliphatic heterocycles. The lowest BCUT2D eigenvalue weighted by atomic mass is 9.92. The van der Waals surface area contributed by atoms with E-state index in [9.17, 15) is 18.4 Å². The van der Waals surface area contributed by atoms with Gasteiger partial charge in [0.05, 0.1) is 17.4 Å². The first-order chi connectivity index (χ1) is 12.1. The van der Waals surface area contributed by atoms with Crippen LogP contribution >= 0.6 is 11.8 Å². The standard InChI is InChI=1S/C18H19F2N3O2S/c1-18(2,3)14-8-16(25)23-11(9-26-17(23)22-14)7-15(24)21-13-5-4-10(19)6-12(13)20/h4-6,8,11H,7,9H2,1-3H3,(H,21,24). The van der Waals surface area contributed by atoms with Crippen LogP contribution in [0.2, 0.25) is 0 Å². The number of benzene rings is 1. The Morgan fingerprint density at radius 1 is 1.35 bits per heavy atom. The summed E-state index contributed by atoms with van der Waals surface area (Å²) in [5.74, 6) is -1.46. The van der Waals surface area contributed by atoms with Crippen LogP contribution in [0, 0.1) is 11.6 Å². The summed E-state index contributed by atoms with van der Waals surface area (Å²) < 4.78 is 28.1. The summed E-state index contributed by atoms with van der Waals surface area (Å²) in [5, 5.41) is 3.02. The van der Waals surface area contributed by atoms with Crippen LogP contribution in [0.5, 0.6) is 0 Å². The molecular formula is C18H19F2N3O2S. The zero-order chi connectivity index (χ0) is 19.1. The lowest BCUT2D eigenvalue weighted by molar-refractivity contribution is -0.116. The molecule has 0 saturated carbocycles. The summed E-state index contributed by atoms with van der Waals surface area (Å²) in [6.45, 7) is 5.94. The molecule has 0 aliphatic carbocycles. The van der Waals surface area contributed by atoms with E-state index in [2.05, 4.69) is 10.3 Å². The molecule has 0 spiro atoms. The van der Waals surface area contributed by atoms with E-state index in [1.54, 1.807) is 0 Å². The molecule has 2 aromatic rings. The number of amides is 1. The molecule has 0 saturated heterocycles. The highest BCUT2D eigenvalue weighted by molar-refractivity contribution is 7.99. The predicted molar refractivity (Wildman–Crippen MR) is 96.6 cm³/mol. The molecule has 5 nitrogen and oxygen atoms in total. The second kappa shape index (κ2) is 6.83. The number of fused-ring (bicyclic) bond motifs is 1. The van der Waals surface area contributed by atoms with Crippen molar-refractivity contribution in [2.24, 2.45) is 0 Å². The van der Waals surface area contributed by atoms with Crippen molar-refractivity contribution in [3.05, 3.63) is 51.9 Å². The van der Waals surface area contributed by atoms with E-state index in [1.807, 2.05) is 20.8 Å². The maximum absolute atomic E-state index is 13.7. The van der Waals surface area contributed by atoms with E-state index in [-0.39, 0.29) is 29.1 Å². The first kappa shape index (κ1) is 18.6. The SMILES string of the molecule is CC(C)(C)c1cc(=O)n2c(n1)SCC2CC(=O)Nc1ccc(F)cc1F. The number of halogens is 2. The van der Waals surface area contributed by atoms with Crippen molar-refractivity contribution in [2.45, 2.75) is 43.8 Å².